The monoisotopic (exact) mass is 358 g/mol. The summed E-state index contributed by atoms with van der Waals surface area (Å²) >= 11 is 6.24. The number of aryl methyl sites for hydroxylation is 1. The zero-order valence-corrected chi connectivity index (χ0v) is 14.9. The molecule has 0 atom stereocenters. The van der Waals surface area contributed by atoms with Crippen LogP contribution in [0.25, 0.3) is 0 Å². The lowest BCUT2D eigenvalue weighted by molar-refractivity contribution is 0.0709. The average Bonchev–Trinajstić information content (AvgIpc) is 3.07. The third-order valence-corrected chi connectivity index (χ3v) is 4.81. The molecule has 0 aliphatic carbocycles. The number of rotatable bonds is 3. The lowest BCUT2D eigenvalue weighted by Crippen LogP contribution is -2.45. The minimum atomic E-state index is -0.0129. The van der Waals surface area contributed by atoms with Crippen molar-refractivity contribution in [3.8, 4) is 6.07 Å². The highest BCUT2D eigenvalue weighted by Crippen LogP contribution is 2.28. The molecule has 1 saturated heterocycles. The number of pyridine rings is 1. The van der Waals surface area contributed by atoms with Gasteiger partial charge in [-0.05, 0) is 18.9 Å². The fourth-order valence-electron chi connectivity index (χ4n) is 3.09. The normalized spacial score (nSPS) is 15.0. The molecule has 25 heavy (non-hydrogen) atoms. The molecule has 2 aromatic heterocycles. The Labute approximate surface area is 151 Å². The van der Waals surface area contributed by atoms with Crippen molar-refractivity contribution in [3.63, 3.8) is 0 Å². The van der Waals surface area contributed by atoms with Crippen molar-refractivity contribution < 1.29 is 4.79 Å². The van der Waals surface area contributed by atoms with Crippen molar-refractivity contribution in [2.24, 2.45) is 7.05 Å². The van der Waals surface area contributed by atoms with Gasteiger partial charge >= 0.3 is 0 Å². The van der Waals surface area contributed by atoms with E-state index in [4.69, 9.17) is 16.9 Å². The third kappa shape index (κ3) is 3.59. The summed E-state index contributed by atoms with van der Waals surface area (Å²) in [7, 11) is 3.63. The topological polar surface area (TPSA) is 78.1 Å². The fraction of sp³-hybridized carbons (Fsp3) is 0.412. The van der Waals surface area contributed by atoms with Crippen molar-refractivity contribution in [1.29, 1.82) is 5.26 Å². The molecule has 0 N–H and O–H groups in total. The lowest BCUT2D eigenvalue weighted by atomic mass is 10.0. The number of carbonyl (C=O) groups excluding carboxylic acids is 1. The largest absolute Gasteiger partial charge is 0.355 e. The predicted molar refractivity (Wildman–Crippen MR) is 94.5 cm³/mol. The highest BCUT2D eigenvalue weighted by atomic mass is 35.5. The molecule has 0 radical (unpaired) electrons. The zero-order chi connectivity index (χ0) is 18.0. The van der Waals surface area contributed by atoms with Gasteiger partial charge in [0.1, 0.15) is 11.9 Å². The summed E-state index contributed by atoms with van der Waals surface area (Å²) in [5, 5.41) is 13.4. The number of amides is 1. The summed E-state index contributed by atoms with van der Waals surface area (Å²) in [6.45, 7) is 1.52. The van der Waals surface area contributed by atoms with Crippen LogP contribution in [-0.2, 0) is 7.05 Å². The van der Waals surface area contributed by atoms with Gasteiger partial charge in [0.15, 0.2) is 0 Å². The van der Waals surface area contributed by atoms with Gasteiger partial charge in [0.25, 0.3) is 5.91 Å². The second-order valence-electron chi connectivity index (χ2n) is 6.18. The molecule has 1 aliphatic heterocycles. The van der Waals surface area contributed by atoms with Gasteiger partial charge in [-0.1, -0.05) is 11.6 Å². The van der Waals surface area contributed by atoms with E-state index in [0.717, 1.165) is 25.9 Å². The lowest BCUT2D eigenvalue weighted by Gasteiger charge is -2.37. The smallest absolute Gasteiger partial charge is 0.257 e. The Bertz CT molecular complexity index is 819. The first-order chi connectivity index (χ1) is 12.0. The summed E-state index contributed by atoms with van der Waals surface area (Å²) in [6, 6.07) is 3.83. The second kappa shape index (κ2) is 7.11. The van der Waals surface area contributed by atoms with Gasteiger partial charge in [-0.2, -0.15) is 10.4 Å². The van der Waals surface area contributed by atoms with Crippen molar-refractivity contribution >= 4 is 23.3 Å². The average molecular weight is 359 g/mol. The third-order valence-electron chi connectivity index (χ3n) is 4.53. The van der Waals surface area contributed by atoms with Crippen LogP contribution < -0.4 is 4.90 Å². The molecule has 0 spiro atoms. The molecule has 0 aromatic carbocycles. The fourth-order valence-corrected chi connectivity index (χ4v) is 3.38. The van der Waals surface area contributed by atoms with Crippen LogP contribution in [0.4, 0.5) is 5.82 Å². The molecule has 130 valence electrons. The van der Waals surface area contributed by atoms with E-state index in [-0.39, 0.29) is 11.9 Å². The number of hydrogen-bond acceptors (Lipinski definition) is 5. The van der Waals surface area contributed by atoms with Gasteiger partial charge < -0.3 is 9.80 Å². The first-order valence-electron chi connectivity index (χ1n) is 8.06. The van der Waals surface area contributed by atoms with Gasteiger partial charge in [0.2, 0.25) is 0 Å². The molecule has 0 unspecified atom stereocenters. The van der Waals surface area contributed by atoms with E-state index >= 15 is 0 Å². The van der Waals surface area contributed by atoms with E-state index in [0.29, 0.717) is 22.0 Å². The van der Waals surface area contributed by atoms with Crippen LogP contribution in [0.2, 0.25) is 5.02 Å². The van der Waals surface area contributed by atoms with Crippen molar-refractivity contribution in [2.75, 3.05) is 25.0 Å². The molecule has 2 aromatic rings. The molecular formula is C17H19ClN6O. The Morgan fingerprint density at radius 3 is 2.68 bits per heavy atom. The van der Waals surface area contributed by atoms with E-state index in [1.807, 2.05) is 13.1 Å². The van der Waals surface area contributed by atoms with Gasteiger partial charge in [0.05, 0.1) is 22.3 Å². The molecule has 1 fully saturated rings. The minimum absolute atomic E-state index is 0.0129. The van der Waals surface area contributed by atoms with Gasteiger partial charge in [-0.15, -0.1) is 0 Å². The number of hydrogen-bond donors (Lipinski definition) is 0. The van der Waals surface area contributed by atoms with Crippen LogP contribution in [0.5, 0.6) is 0 Å². The van der Waals surface area contributed by atoms with Gasteiger partial charge in [0, 0.05) is 45.6 Å². The summed E-state index contributed by atoms with van der Waals surface area (Å²) in [5.41, 5.74) is 1.05. The Morgan fingerprint density at radius 1 is 1.40 bits per heavy atom. The van der Waals surface area contributed by atoms with Gasteiger partial charge in [-0.3, -0.25) is 9.48 Å². The predicted octanol–water partition coefficient (Wildman–Crippen LogP) is 2.08. The molecule has 0 saturated carbocycles. The van der Waals surface area contributed by atoms with E-state index in [9.17, 15) is 4.79 Å². The number of nitriles is 1. The highest BCUT2D eigenvalue weighted by Gasteiger charge is 2.27. The van der Waals surface area contributed by atoms with Crippen LogP contribution in [0, 0.1) is 11.3 Å². The Hall–Kier alpha value is -2.59. The molecule has 3 rings (SSSR count). The summed E-state index contributed by atoms with van der Waals surface area (Å²) < 4.78 is 1.63. The van der Waals surface area contributed by atoms with E-state index in [1.165, 1.54) is 6.20 Å². The standard InChI is InChI=1S/C17H19ClN6O/c1-22-11-13(10-21-22)17(25)23(2)14-3-5-24(6-4-14)16-15(18)7-12(8-19)9-20-16/h7,9-11,14H,3-6H2,1-2H3. The molecule has 1 amide bonds. The first kappa shape index (κ1) is 17.2. The number of carbonyl (C=O) groups is 1. The van der Waals surface area contributed by atoms with Crippen molar-refractivity contribution in [2.45, 2.75) is 18.9 Å². The number of halogens is 1. The Balaban J connectivity index is 1.63. The van der Waals surface area contributed by atoms with E-state index in [2.05, 4.69) is 15.0 Å². The summed E-state index contributed by atoms with van der Waals surface area (Å²) in [4.78, 5) is 20.7. The van der Waals surface area contributed by atoms with Crippen LogP contribution in [0.3, 0.4) is 0 Å². The quantitative estimate of drug-likeness (QED) is 0.839. The van der Waals surface area contributed by atoms with Crippen LogP contribution in [0.1, 0.15) is 28.8 Å². The number of anilines is 1. The second-order valence-corrected chi connectivity index (χ2v) is 6.59. The number of piperidine rings is 1. The zero-order valence-electron chi connectivity index (χ0n) is 14.2. The van der Waals surface area contributed by atoms with Crippen LogP contribution in [0.15, 0.2) is 24.7 Å². The Kier molecular flexibility index (Phi) is 4.91. The molecule has 0 bridgehead atoms. The van der Waals surface area contributed by atoms with Crippen LogP contribution >= 0.6 is 11.6 Å². The molecular weight excluding hydrogens is 340 g/mol. The van der Waals surface area contributed by atoms with E-state index in [1.54, 1.807) is 35.1 Å². The first-order valence-corrected chi connectivity index (χ1v) is 8.44. The maximum atomic E-state index is 12.5. The van der Waals surface area contributed by atoms with Gasteiger partial charge in [-0.25, -0.2) is 4.98 Å². The Morgan fingerprint density at radius 2 is 2.12 bits per heavy atom. The highest BCUT2D eigenvalue weighted by molar-refractivity contribution is 6.33. The molecule has 7 nitrogen and oxygen atoms in total. The maximum absolute atomic E-state index is 12.5. The van der Waals surface area contributed by atoms with Crippen LogP contribution in [-0.4, -0.2) is 51.8 Å². The maximum Gasteiger partial charge on any atom is 0.257 e. The number of aromatic nitrogens is 3. The molecule has 1 aliphatic rings. The van der Waals surface area contributed by atoms with Crippen molar-refractivity contribution in [1.82, 2.24) is 19.7 Å². The van der Waals surface area contributed by atoms with E-state index < -0.39 is 0 Å². The van der Waals surface area contributed by atoms with Crippen molar-refractivity contribution in [3.05, 3.63) is 40.8 Å². The minimum Gasteiger partial charge on any atom is -0.355 e. The number of nitrogens with zero attached hydrogens (tertiary/aromatic N) is 6. The SMILES string of the molecule is CN(C(=O)c1cnn(C)c1)C1CCN(c2ncc(C#N)cc2Cl)CC1. The molecule has 3 heterocycles. The summed E-state index contributed by atoms with van der Waals surface area (Å²) in [6.07, 6.45) is 6.52. The molecule has 8 heteroatoms. The summed E-state index contributed by atoms with van der Waals surface area (Å²) in [5.74, 6) is 0.682.